The standard InChI is InChI=1S/C10H20NO2/c1-11(7-4-3-5-8-11)9-6-10(12)13-2/h3-9H2,1-2H3/q+1. The summed E-state index contributed by atoms with van der Waals surface area (Å²) in [6.07, 6.45) is 4.52. The van der Waals surface area contributed by atoms with Gasteiger partial charge in [0, 0.05) is 0 Å². The van der Waals surface area contributed by atoms with Gasteiger partial charge in [-0.25, -0.2) is 0 Å². The van der Waals surface area contributed by atoms with Crippen molar-refractivity contribution >= 4 is 5.97 Å². The molecule has 0 aliphatic carbocycles. The summed E-state index contributed by atoms with van der Waals surface area (Å²) in [5.41, 5.74) is 0. The maximum atomic E-state index is 11.0. The zero-order chi connectivity index (χ0) is 9.73. The maximum absolute atomic E-state index is 11.0. The number of ether oxygens (including phenoxy) is 1. The van der Waals surface area contributed by atoms with E-state index in [4.69, 9.17) is 0 Å². The highest BCUT2D eigenvalue weighted by atomic mass is 16.5. The number of quaternary nitrogens is 1. The molecule has 1 heterocycles. The fraction of sp³-hybridized carbons (Fsp3) is 0.900. The van der Waals surface area contributed by atoms with Crippen molar-refractivity contribution in [2.75, 3.05) is 33.8 Å². The van der Waals surface area contributed by atoms with Gasteiger partial charge in [0.25, 0.3) is 0 Å². The van der Waals surface area contributed by atoms with E-state index < -0.39 is 0 Å². The van der Waals surface area contributed by atoms with Crippen molar-refractivity contribution in [1.29, 1.82) is 0 Å². The molecule has 1 rings (SSSR count). The molecule has 0 aromatic rings. The Balaban J connectivity index is 2.28. The number of carbonyl (C=O) groups is 1. The first-order valence-electron chi connectivity index (χ1n) is 5.07. The van der Waals surface area contributed by atoms with E-state index >= 15 is 0 Å². The van der Waals surface area contributed by atoms with E-state index in [1.807, 2.05) is 0 Å². The Bertz CT molecular complexity index is 174. The third kappa shape index (κ3) is 3.35. The van der Waals surface area contributed by atoms with Crippen LogP contribution in [-0.2, 0) is 9.53 Å². The quantitative estimate of drug-likeness (QED) is 0.488. The number of carbonyl (C=O) groups excluding carboxylic acids is 1. The Kier molecular flexibility index (Phi) is 3.72. The van der Waals surface area contributed by atoms with Crippen molar-refractivity contribution in [3.63, 3.8) is 0 Å². The van der Waals surface area contributed by atoms with E-state index in [9.17, 15) is 4.79 Å². The van der Waals surface area contributed by atoms with Gasteiger partial charge in [0.15, 0.2) is 0 Å². The van der Waals surface area contributed by atoms with Crippen LogP contribution in [0.15, 0.2) is 0 Å². The molecule has 1 aliphatic rings. The Morgan fingerprint density at radius 2 is 1.92 bits per heavy atom. The van der Waals surface area contributed by atoms with E-state index in [-0.39, 0.29) is 5.97 Å². The lowest BCUT2D eigenvalue weighted by Gasteiger charge is -2.37. The molecule has 3 heteroatoms. The molecular formula is C10H20NO2+. The van der Waals surface area contributed by atoms with Crippen LogP contribution in [0, 0.1) is 0 Å². The molecule has 3 nitrogen and oxygen atoms in total. The molecule has 0 saturated carbocycles. The van der Waals surface area contributed by atoms with Gasteiger partial charge < -0.3 is 9.22 Å². The number of likely N-dealkylation sites (tertiary alicyclic amines) is 1. The van der Waals surface area contributed by atoms with Crippen LogP contribution in [-0.4, -0.2) is 44.2 Å². The molecule has 76 valence electrons. The van der Waals surface area contributed by atoms with Gasteiger partial charge in [0.2, 0.25) is 0 Å². The molecule has 13 heavy (non-hydrogen) atoms. The molecule has 1 aliphatic heterocycles. The smallest absolute Gasteiger partial charge is 0.311 e. The highest BCUT2D eigenvalue weighted by Gasteiger charge is 2.25. The van der Waals surface area contributed by atoms with Crippen LogP contribution < -0.4 is 0 Å². The molecule has 0 unspecified atom stereocenters. The van der Waals surface area contributed by atoms with Crippen molar-refractivity contribution in [3.8, 4) is 0 Å². The predicted octanol–water partition coefficient (Wildman–Crippen LogP) is 1.18. The second kappa shape index (κ2) is 4.61. The lowest BCUT2D eigenvalue weighted by atomic mass is 10.1. The lowest BCUT2D eigenvalue weighted by Crippen LogP contribution is -2.48. The van der Waals surface area contributed by atoms with Crippen LogP contribution in [0.1, 0.15) is 25.7 Å². The minimum atomic E-state index is -0.0788. The van der Waals surface area contributed by atoms with Gasteiger partial charge in [-0.1, -0.05) is 0 Å². The van der Waals surface area contributed by atoms with Crippen LogP contribution in [0.4, 0.5) is 0 Å². The summed E-state index contributed by atoms with van der Waals surface area (Å²) in [7, 11) is 3.70. The fourth-order valence-electron chi connectivity index (χ4n) is 1.96. The Labute approximate surface area is 80.3 Å². The molecule has 1 fully saturated rings. The van der Waals surface area contributed by atoms with Crippen LogP contribution in [0.3, 0.4) is 0 Å². The highest BCUT2D eigenvalue weighted by molar-refractivity contribution is 5.69. The van der Waals surface area contributed by atoms with Gasteiger partial charge in [-0.05, 0) is 19.3 Å². The van der Waals surface area contributed by atoms with Gasteiger partial charge >= 0.3 is 5.97 Å². The largest absolute Gasteiger partial charge is 0.469 e. The molecule has 0 spiro atoms. The number of esters is 1. The summed E-state index contributed by atoms with van der Waals surface area (Å²) in [6.45, 7) is 3.38. The number of rotatable bonds is 3. The topological polar surface area (TPSA) is 26.3 Å². The summed E-state index contributed by atoms with van der Waals surface area (Å²) in [4.78, 5) is 11.0. The fourth-order valence-corrected chi connectivity index (χ4v) is 1.96. The van der Waals surface area contributed by atoms with Crippen LogP contribution >= 0.6 is 0 Å². The van der Waals surface area contributed by atoms with Crippen LogP contribution in [0.2, 0.25) is 0 Å². The van der Waals surface area contributed by atoms with E-state index in [2.05, 4.69) is 11.8 Å². The monoisotopic (exact) mass is 186 g/mol. The molecule has 0 amide bonds. The minimum absolute atomic E-state index is 0.0788. The first kappa shape index (κ1) is 10.5. The first-order valence-corrected chi connectivity index (χ1v) is 5.07. The van der Waals surface area contributed by atoms with E-state index in [1.54, 1.807) is 0 Å². The average molecular weight is 186 g/mol. The molecule has 0 radical (unpaired) electrons. The summed E-state index contributed by atoms with van der Waals surface area (Å²) in [5, 5.41) is 0. The number of piperidine rings is 1. The van der Waals surface area contributed by atoms with E-state index in [0.29, 0.717) is 6.42 Å². The van der Waals surface area contributed by atoms with Gasteiger partial charge in [-0.3, -0.25) is 4.79 Å². The zero-order valence-electron chi connectivity index (χ0n) is 8.71. The van der Waals surface area contributed by atoms with Crippen molar-refractivity contribution in [2.24, 2.45) is 0 Å². The molecular weight excluding hydrogens is 166 g/mol. The van der Waals surface area contributed by atoms with Gasteiger partial charge in [0.1, 0.15) is 0 Å². The number of hydrogen-bond acceptors (Lipinski definition) is 2. The molecule has 0 aromatic heterocycles. The average Bonchev–Trinajstić information content (AvgIpc) is 2.15. The summed E-state index contributed by atoms with van der Waals surface area (Å²) < 4.78 is 5.69. The van der Waals surface area contributed by atoms with Crippen LogP contribution in [0.25, 0.3) is 0 Å². The zero-order valence-corrected chi connectivity index (χ0v) is 8.71. The van der Waals surface area contributed by atoms with Crippen LogP contribution in [0.5, 0.6) is 0 Å². The third-order valence-corrected chi connectivity index (χ3v) is 2.98. The van der Waals surface area contributed by atoms with Crippen molar-refractivity contribution in [3.05, 3.63) is 0 Å². The molecule has 0 N–H and O–H groups in total. The van der Waals surface area contributed by atoms with Gasteiger partial charge in [-0.15, -0.1) is 0 Å². The Morgan fingerprint density at radius 3 is 2.46 bits per heavy atom. The van der Waals surface area contributed by atoms with Crippen molar-refractivity contribution < 1.29 is 14.0 Å². The van der Waals surface area contributed by atoms with Gasteiger partial charge in [-0.2, -0.15) is 0 Å². The number of nitrogens with zero attached hydrogens (tertiary/aromatic N) is 1. The molecule has 0 atom stereocenters. The Morgan fingerprint density at radius 1 is 1.31 bits per heavy atom. The predicted molar refractivity (Wildman–Crippen MR) is 51.3 cm³/mol. The van der Waals surface area contributed by atoms with E-state index in [1.165, 1.54) is 39.5 Å². The molecule has 0 aromatic carbocycles. The van der Waals surface area contributed by atoms with Crippen molar-refractivity contribution in [1.82, 2.24) is 0 Å². The SMILES string of the molecule is COC(=O)CC[N+]1(C)CCCCC1. The summed E-state index contributed by atoms with van der Waals surface area (Å²) in [6, 6.07) is 0. The molecule has 0 bridgehead atoms. The van der Waals surface area contributed by atoms with E-state index in [0.717, 1.165) is 11.0 Å². The second-order valence-electron chi connectivity index (χ2n) is 4.18. The van der Waals surface area contributed by atoms with Crippen molar-refractivity contribution in [2.45, 2.75) is 25.7 Å². The maximum Gasteiger partial charge on any atom is 0.311 e. The summed E-state index contributed by atoms with van der Waals surface area (Å²) in [5.74, 6) is -0.0788. The highest BCUT2D eigenvalue weighted by Crippen LogP contribution is 2.16. The normalized spacial score (nSPS) is 21.1. The summed E-state index contributed by atoms with van der Waals surface area (Å²) >= 11 is 0. The van der Waals surface area contributed by atoms with Gasteiger partial charge in [0.05, 0.1) is 40.2 Å². The minimum Gasteiger partial charge on any atom is -0.469 e. The number of methoxy groups -OCH3 is 1. The second-order valence-corrected chi connectivity index (χ2v) is 4.18. The number of hydrogen-bond donors (Lipinski definition) is 0. The Hall–Kier alpha value is -0.570. The molecule has 1 saturated heterocycles. The first-order chi connectivity index (χ1) is 6.16. The third-order valence-electron chi connectivity index (χ3n) is 2.98. The lowest BCUT2D eigenvalue weighted by molar-refractivity contribution is -0.913.